The highest BCUT2D eigenvalue weighted by molar-refractivity contribution is 5.93. The number of Topliss-reactive ketones (excluding diaryl/α,β-unsaturated/α-hetero) is 1. The molecule has 0 spiro atoms. The van der Waals surface area contributed by atoms with Gasteiger partial charge in [0, 0.05) is 23.2 Å². The van der Waals surface area contributed by atoms with Crippen LogP contribution in [0.4, 0.5) is 0 Å². The fraction of sp³-hybridized carbons (Fsp3) is 0.821. The van der Waals surface area contributed by atoms with Crippen LogP contribution in [-0.4, -0.2) is 62.3 Å². The van der Waals surface area contributed by atoms with Crippen LogP contribution in [0.15, 0.2) is 23.3 Å². The van der Waals surface area contributed by atoms with Crippen molar-refractivity contribution in [1.29, 1.82) is 0 Å². The fourth-order valence-corrected chi connectivity index (χ4v) is 8.36. The van der Waals surface area contributed by atoms with E-state index in [-0.39, 0.29) is 30.3 Å². The number of carbonyl (C=O) groups excluding carboxylic acids is 1. The second-order valence-corrected chi connectivity index (χ2v) is 12.8. The molecule has 6 heteroatoms. The van der Waals surface area contributed by atoms with E-state index in [9.17, 15) is 25.2 Å². The normalized spacial score (nSPS) is 51.7. The molecule has 0 bridgehead atoms. The van der Waals surface area contributed by atoms with Gasteiger partial charge < -0.3 is 25.2 Å². The molecule has 1 saturated heterocycles. The van der Waals surface area contributed by atoms with Gasteiger partial charge in [0.2, 0.25) is 0 Å². The van der Waals surface area contributed by atoms with Crippen molar-refractivity contribution in [3.8, 4) is 0 Å². The molecule has 5 rings (SSSR count). The van der Waals surface area contributed by atoms with E-state index < -0.39 is 46.6 Å². The van der Waals surface area contributed by atoms with E-state index in [1.54, 1.807) is 6.92 Å². The molecule has 0 aromatic rings. The number of carbonyl (C=O) groups is 1. The van der Waals surface area contributed by atoms with Crippen molar-refractivity contribution in [3.05, 3.63) is 23.3 Å². The second-order valence-electron chi connectivity index (χ2n) is 12.8. The van der Waals surface area contributed by atoms with Crippen LogP contribution in [0.1, 0.15) is 67.2 Å². The van der Waals surface area contributed by atoms with Gasteiger partial charge in [-0.1, -0.05) is 59.3 Å². The number of hydrogen-bond donors (Lipinski definition) is 4. The Hall–Kier alpha value is -1.05. The molecule has 0 amide bonds. The summed E-state index contributed by atoms with van der Waals surface area (Å²) in [6.07, 6.45) is 3.01. The number of rotatable bonds is 4. The van der Waals surface area contributed by atoms with Crippen LogP contribution in [0.5, 0.6) is 0 Å². The number of ketones is 1. The van der Waals surface area contributed by atoms with Gasteiger partial charge in [-0.15, -0.1) is 0 Å². The molecule has 34 heavy (non-hydrogen) atoms. The minimum atomic E-state index is -1.49. The summed E-state index contributed by atoms with van der Waals surface area (Å²) in [5, 5.41) is 45.5. The highest BCUT2D eigenvalue weighted by atomic mass is 16.6. The lowest BCUT2D eigenvalue weighted by Crippen LogP contribution is -2.66. The Labute approximate surface area is 203 Å². The standard InChI is InChI=1S/C28H42O6/c1-13(2)14(3)23-24(34-23)15(4)20-19(30)12-28(33)18-8-7-16-11-17(29)9-10-26(16,5)21(18)22(31)25(32)27(20,28)6/h7-8,13-15,17,19-21,23-25,29-30,32-33H,9-12H2,1-6H3. The third-order valence-electron chi connectivity index (χ3n) is 10.9. The molecular weight excluding hydrogens is 432 g/mol. The molecule has 12 unspecified atom stereocenters. The molecule has 1 aliphatic heterocycles. The summed E-state index contributed by atoms with van der Waals surface area (Å²) < 4.78 is 6.08. The first-order valence-corrected chi connectivity index (χ1v) is 13.2. The van der Waals surface area contributed by atoms with Gasteiger partial charge in [0.1, 0.15) is 6.10 Å². The summed E-state index contributed by atoms with van der Waals surface area (Å²) in [6.45, 7) is 12.4. The topological polar surface area (TPSA) is 111 Å². The predicted molar refractivity (Wildman–Crippen MR) is 128 cm³/mol. The van der Waals surface area contributed by atoms with Crippen LogP contribution in [0.3, 0.4) is 0 Å². The molecule has 12 atom stereocenters. The van der Waals surface area contributed by atoms with Crippen LogP contribution in [0.2, 0.25) is 0 Å². The molecule has 190 valence electrons. The molecule has 3 saturated carbocycles. The van der Waals surface area contributed by atoms with Crippen molar-refractivity contribution in [3.63, 3.8) is 0 Å². The summed E-state index contributed by atoms with van der Waals surface area (Å²) >= 11 is 0. The van der Waals surface area contributed by atoms with Crippen molar-refractivity contribution in [2.24, 2.45) is 40.4 Å². The molecule has 5 aliphatic rings. The molecule has 4 N–H and O–H groups in total. The predicted octanol–water partition coefficient (Wildman–Crippen LogP) is 2.78. The van der Waals surface area contributed by atoms with Crippen LogP contribution < -0.4 is 0 Å². The Balaban J connectivity index is 1.54. The summed E-state index contributed by atoms with van der Waals surface area (Å²) in [6, 6.07) is 0. The van der Waals surface area contributed by atoms with Gasteiger partial charge in [0.25, 0.3) is 0 Å². The van der Waals surface area contributed by atoms with Crippen LogP contribution in [-0.2, 0) is 9.53 Å². The zero-order valence-electron chi connectivity index (χ0n) is 21.4. The molecule has 0 aromatic heterocycles. The highest BCUT2D eigenvalue weighted by Gasteiger charge is 2.74. The van der Waals surface area contributed by atoms with Gasteiger partial charge in [-0.05, 0) is 42.6 Å². The van der Waals surface area contributed by atoms with E-state index >= 15 is 0 Å². The number of fused-ring (bicyclic) bond motifs is 5. The minimum absolute atomic E-state index is 0.0552. The van der Waals surface area contributed by atoms with Gasteiger partial charge in [0.05, 0.1) is 35.9 Å². The zero-order chi connectivity index (χ0) is 25.0. The molecule has 4 fully saturated rings. The second kappa shape index (κ2) is 7.72. The molecule has 6 nitrogen and oxygen atoms in total. The van der Waals surface area contributed by atoms with E-state index in [2.05, 4.69) is 20.8 Å². The first-order valence-electron chi connectivity index (χ1n) is 13.2. The smallest absolute Gasteiger partial charge is 0.170 e. The first kappa shape index (κ1) is 24.6. The molecule has 1 heterocycles. The molecule has 4 aliphatic carbocycles. The fourth-order valence-electron chi connectivity index (χ4n) is 8.36. The third-order valence-corrected chi connectivity index (χ3v) is 10.9. The lowest BCUT2D eigenvalue weighted by molar-refractivity contribution is -0.177. The average Bonchev–Trinajstić information content (AvgIpc) is 3.53. The lowest BCUT2D eigenvalue weighted by Gasteiger charge is -2.58. The Bertz CT molecular complexity index is 939. The number of hydrogen-bond acceptors (Lipinski definition) is 6. The third kappa shape index (κ3) is 3.02. The summed E-state index contributed by atoms with van der Waals surface area (Å²) in [5.74, 6) is -0.660. The number of allylic oxidation sites excluding steroid dienone is 2. The van der Waals surface area contributed by atoms with Crippen molar-refractivity contribution in [2.75, 3.05) is 0 Å². The molecular formula is C28H42O6. The van der Waals surface area contributed by atoms with E-state index in [0.29, 0.717) is 36.7 Å². The van der Waals surface area contributed by atoms with E-state index in [4.69, 9.17) is 4.74 Å². The van der Waals surface area contributed by atoms with E-state index in [0.717, 1.165) is 5.57 Å². The average molecular weight is 475 g/mol. The van der Waals surface area contributed by atoms with E-state index in [1.165, 1.54) is 0 Å². The van der Waals surface area contributed by atoms with Gasteiger partial charge in [0.15, 0.2) is 5.78 Å². The number of aliphatic hydroxyl groups is 4. The van der Waals surface area contributed by atoms with E-state index in [1.807, 2.05) is 26.0 Å². The maximum Gasteiger partial charge on any atom is 0.170 e. The maximum absolute atomic E-state index is 13.9. The van der Waals surface area contributed by atoms with Crippen molar-refractivity contribution in [2.45, 2.75) is 103 Å². The summed E-state index contributed by atoms with van der Waals surface area (Å²) in [5.41, 5.74) is -1.60. The largest absolute Gasteiger partial charge is 0.393 e. The number of ether oxygens (including phenoxy) is 1. The molecule has 0 radical (unpaired) electrons. The first-order chi connectivity index (χ1) is 15.8. The van der Waals surface area contributed by atoms with Gasteiger partial charge in [-0.25, -0.2) is 0 Å². The Morgan fingerprint density at radius 3 is 2.38 bits per heavy atom. The van der Waals surface area contributed by atoms with Crippen molar-refractivity contribution >= 4 is 5.78 Å². The SMILES string of the molecule is CC(C)C(C)C1OC1C(C)C1C(O)CC2(O)C3=CC=C4CC(O)CCC4(C)C3C(=O)C(O)C12C. The van der Waals surface area contributed by atoms with Gasteiger partial charge >= 0.3 is 0 Å². The Morgan fingerprint density at radius 2 is 1.74 bits per heavy atom. The number of aliphatic hydroxyl groups excluding tert-OH is 3. The maximum atomic E-state index is 13.9. The Morgan fingerprint density at radius 1 is 1.06 bits per heavy atom. The van der Waals surface area contributed by atoms with Crippen LogP contribution >= 0.6 is 0 Å². The van der Waals surface area contributed by atoms with Gasteiger partial charge in [-0.2, -0.15) is 0 Å². The zero-order valence-corrected chi connectivity index (χ0v) is 21.4. The Kier molecular flexibility index (Phi) is 5.60. The van der Waals surface area contributed by atoms with Crippen molar-refractivity contribution in [1.82, 2.24) is 0 Å². The van der Waals surface area contributed by atoms with Crippen molar-refractivity contribution < 1.29 is 30.0 Å². The monoisotopic (exact) mass is 474 g/mol. The number of epoxide rings is 1. The van der Waals surface area contributed by atoms with Gasteiger partial charge in [-0.3, -0.25) is 4.79 Å². The summed E-state index contributed by atoms with van der Waals surface area (Å²) in [4.78, 5) is 13.9. The van der Waals surface area contributed by atoms with Crippen LogP contribution in [0.25, 0.3) is 0 Å². The molecule has 0 aromatic carbocycles. The lowest BCUT2D eigenvalue weighted by atomic mass is 9.47. The highest BCUT2D eigenvalue weighted by Crippen LogP contribution is 2.67. The summed E-state index contributed by atoms with van der Waals surface area (Å²) in [7, 11) is 0. The minimum Gasteiger partial charge on any atom is -0.393 e. The quantitative estimate of drug-likeness (QED) is 0.467. The van der Waals surface area contributed by atoms with Crippen LogP contribution in [0, 0.1) is 40.4 Å².